The van der Waals surface area contributed by atoms with Crippen LogP contribution in [0.5, 0.6) is 0 Å². The molecule has 0 heterocycles. The molecule has 0 aromatic heterocycles. The second-order valence-electron chi connectivity index (χ2n) is 3.37. The average Bonchev–Trinajstić information content (AvgIpc) is 2.22. The summed E-state index contributed by atoms with van der Waals surface area (Å²) in [5.41, 5.74) is 1.09. The summed E-state index contributed by atoms with van der Waals surface area (Å²) in [7, 11) is 1.14. The molecule has 0 bridgehead atoms. The van der Waals surface area contributed by atoms with Crippen LogP contribution < -0.4 is 5.32 Å². The van der Waals surface area contributed by atoms with Crippen molar-refractivity contribution in [3.63, 3.8) is 0 Å². The van der Waals surface area contributed by atoms with E-state index in [1.807, 2.05) is 31.3 Å². The highest BCUT2D eigenvalue weighted by Crippen LogP contribution is 2.11. The van der Waals surface area contributed by atoms with Gasteiger partial charge in [0.1, 0.15) is 0 Å². The van der Waals surface area contributed by atoms with Gasteiger partial charge in [0.05, 0.1) is 0 Å². The van der Waals surface area contributed by atoms with E-state index in [9.17, 15) is 4.21 Å². The summed E-state index contributed by atoms with van der Waals surface area (Å²) in [6, 6.07) is 7.53. The van der Waals surface area contributed by atoms with Crippen molar-refractivity contribution in [1.29, 1.82) is 0 Å². The Morgan fingerprint density at radius 2 is 2.00 bits per heavy atom. The minimum Gasteiger partial charge on any atom is -0.320 e. The van der Waals surface area contributed by atoms with Gasteiger partial charge in [-0.2, -0.15) is 0 Å². The van der Waals surface area contributed by atoms with Crippen LogP contribution in [0.3, 0.4) is 0 Å². The Labute approximate surface area is 98.5 Å². The van der Waals surface area contributed by atoms with Crippen molar-refractivity contribution in [3.8, 4) is 0 Å². The summed E-state index contributed by atoms with van der Waals surface area (Å²) in [6.07, 6.45) is 0.955. The van der Waals surface area contributed by atoms with Crippen molar-refractivity contribution >= 4 is 22.4 Å². The SMILES string of the molecule is CNCCCS(=O)Cc1ccc(Cl)cc1. The summed E-state index contributed by atoms with van der Waals surface area (Å²) < 4.78 is 11.6. The molecule has 0 radical (unpaired) electrons. The third-order valence-electron chi connectivity index (χ3n) is 2.04. The molecule has 0 fully saturated rings. The Hall–Kier alpha value is -0.380. The molecule has 2 nitrogen and oxygen atoms in total. The van der Waals surface area contributed by atoms with Crippen LogP contribution in [-0.4, -0.2) is 23.6 Å². The number of nitrogens with one attached hydrogen (secondary N) is 1. The average molecular weight is 246 g/mol. The maximum absolute atomic E-state index is 11.6. The van der Waals surface area contributed by atoms with Crippen LogP contribution in [0.25, 0.3) is 0 Å². The van der Waals surface area contributed by atoms with Gasteiger partial charge in [-0.15, -0.1) is 0 Å². The standard InChI is InChI=1S/C11H16ClNOS/c1-13-7-2-8-15(14)9-10-3-5-11(12)6-4-10/h3-6,13H,2,7-9H2,1H3. The molecule has 1 aromatic carbocycles. The van der Waals surface area contributed by atoms with Gasteiger partial charge >= 0.3 is 0 Å². The quantitative estimate of drug-likeness (QED) is 0.779. The lowest BCUT2D eigenvalue weighted by molar-refractivity contribution is 0.676. The Kier molecular flexibility index (Phi) is 5.91. The molecule has 84 valence electrons. The molecule has 0 aliphatic rings. The first kappa shape index (κ1) is 12.7. The third kappa shape index (κ3) is 5.30. The van der Waals surface area contributed by atoms with Gasteiger partial charge in [0.25, 0.3) is 0 Å². The molecule has 1 rings (SSSR count). The van der Waals surface area contributed by atoms with Gasteiger partial charge in [0.15, 0.2) is 0 Å². The first-order valence-corrected chi connectivity index (χ1v) is 6.83. The van der Waals surface area contributed by atoms with Gasteiger partial charge in [0, 0.05) is 27.3 Å². The molecule has 1 atom stereocenters. The molecule has 0 saturated carbocycles. The number of hydrogen-bond donors (Lipinski definition) is 1. The summed E-state index contributed by atoms with van der Waals surface area (Å²) in [5, 5.41) is 3.76. The lowest BCUT2D eigenvalue weighted by Crippen LogP contribution is -2.11. The zero-order valence-electron chi connectivity index (χ0n) is 8.83. The predicted octanol–water partition coefficient (Wildman–Crippen LogP) is 2.20. The van der Waals surface area contributed by atoms with Crippen LogP contribution in [0.4, 0.5) is 0 Å². The molecule has 1 aromatic rings. The van der Waals surface area contributed by atoms with Crippen molar-refractivity contribution in [2.24, 2.45) is 0 Å². The molecule has 15 heavy (non-hydrogen) atoms. The summed E-state index contributed by atoms with van der Waals surface area (Å²) in [6.45, 7) is 0.923. The molecule has 0 saturated heterocycles. The van der Waals surface area contributed by atoms with Crippen LogP contribution in [0.2, 0.25) is 5.02 Å². The van der Waals surface area contributed by atoms with E-state index in [4.69, 9.17) is 11.6 Å². The smallest absolute Gasteiger partial charge is 0.0485 e. The van der Waals surface area contributed by atoms with Crippen molar-refractivity contribution in [1.82, 2.24) is 5.32 Å². The van der Waals surface area contributed by atoms with E-state index >= 15 is 0 Å². The summed E-state index contributed by atoms with van der Waals surface area (Å²) in [4.78, 5) is 0. The first-order chi connectivity index (χ1) is 7.22. The number of rotatable bonds is 6. The normalized spacial score (nSPS) is 12.7. The second kappa shape index (κ2) is 6.99. The van der Waals surface area contributed by atoms with E-state index in [2.05, 4.69) is 5.32 Å². The highest BCUT2D eigenvalue weighted by Gasteiger charge is 2.01. The van der Waals surface area contributed by atoms with Gasteiger partial charge in [-0.05, 0) is 37.7 Å². The van der Waals surface area contributed by atoms with Crippen molar-refractivity contribution in [2.75, 3.05) is 19.3 Å². The van der Waals surface area contributed by atoms with Crippen LogP contribution in [0.1, 0.15) is 12.0 Å². The minimum atomic E-state index is -0.762. The minimum absolute atomic E-state index is 0.626. The van der Waals surface area contributed by atoms with Crippen LogP contribution >= 0.6 is 11.6 Å². The van der Waals surface area contributed by atoms with Crippen LogP contribution in [-0.2, 0) is 16.6 Å². The monoisotopic (exact) mass is 245 g/mol. The summed E-state index contributed by atoms with van der Waals surface area (Å²) in [5.74, 6) is 1.38. The molecule has 1 N–H and O–H groups in total. The molecule has 0 amide bonds. The maximum Gasteiger partial charge on any atom is 0.0485 e. The van der Waals surface area contributed by atoms with Gasteiger partial charge in [-0.3, -0.25) is 4.21 Å². The fourth-order valence-electron chi connectivity index (χ4n) is 1.25. The van der Waals surface area contributed by atoms with Crippen molar-refractivity contribution < 1.29 is 4.21 Å². The van der Waals surface area contributed by atoms with E-state index in [1.54, 1.807) is 0 Å². The number of benzene rings is 1. The van der Waals surface area contributed by atoms with Gasteiger partial charge in [-0.25, -0.2) is 0 Å². The van der Waals surface area contributed by atoms with Gasteiger partial charge in [-0.1, -0.05) is 23.7 Å². The first-order valence-electron chi connectivity index (χ1n) is 4.96. The predicted molar refractivity (Wildman–Crippen MR) is 66.7 cm³/mol. The van der Waals surface area contributed by atoms with Crippen LogP contribution in [0, 0.1) is 0 Å². The fraction of sp³-hybridized carbons (Fsp3) is 0.455. The fourth-order valence-corrected chi connectivity index (χ4v) is 2.55. The lowest BCUT2D eigenvalue weighted by Gasteiger charge is -2.02. The van der Waals surface area contributed by atoms with Crippen LogP contribution in [0.15, 0.2) is 24.3 Å². The lowest BCUT2D eigenvalue weighted by atomic mass is 10.2. The van der Waals surface area contributed by atoms with E-state index in [-0.39, 0.29) is 0 Å². The van der Waals surface area contributed by atoms with E-state index in [0.717, 1.165) is 29.3 Å². The van der Waals surface area contributed by atoms with Gasteiger partial charge in [0.2, 0.25) is 0 Å². The zero-order valence-corrected chi connectivity index (χ0v) is 10.4. The topological polar surface area (TPSA) is 29.1 Å². The Bertz CT molecular complexity index is 313. The molecular weight excluding hydrogens is 230 g/mol. The number of hydrogen-bond acceptors (Lipinski definition) is 2. The second-order valence-corrected chi connectivity index (χ2v) is 5.38. The molecule has 1 unspecified atom stereocenters. The molecule has 0 aliphatic carbocycles. The van der Waals surface area contributed by atoms with Gasteiger partial charge < -0.3 is 5.32 Å². The van der Waals surface area contributed by atoms with Crippen molar-refractivity contribution in [2.45, 2.75) is 12.2 Å². The molecule has 4 heteroatoms. The maximum atomic E-state index is 11.6. The number of halogens is 1. The highest BCUT2D eigenvalue weighted by atomic mass is 35.5. The molecule has 0 aliphatic heterocycles. The Balaban J connectivity index is 2.34. The Morgan fingerprint density at radius 1 is 1.33 bits per heavy atom. The third-order valence-corrected chi connectivity index (χ3v) is 3.69. The van der Waals surface area contributed by atoms with E-state index in [1.165, 1.54) is 0 Å². The molecule has 0 spiro atoms. The zero-order chi connectivity index (χ0) is 11.1. The Morgan fingerprint density at radius 3 is 2.60 bits per heavy atom. The highest BCUT2D eigenvalue weighted by molar-refractivity contribution is 7.84. The van der Waals surface area contributed by atoms with Crippen molar-refractivity contribution in [3.05, 3.63) is 34.9 Å². The summed E-state index contributed by atoms with van der Waals surface area (Å²) >= 11 is 5.77. The largest absolute Gasteiger partial charge is 0.320 e. The van der Waals surface area contributed by atoms with E-state index < -0.39 is 10.8 Å². The molecular formula is C11H16ClNOS. The van der Waals surface area contributed by atoms with E-state index in [0.29, 0.717) is 5.75 Å².